The molecule has 0 saturated heterocycles. The zero-order chi connectivity index (χ0) is 12.1. The Kier molecular flexibility index (Phi) is 5.83. The molecule has 4 heteroatoms. The van der Waals surface area contributed by atoms with Crippen LogP contribution in [-0.2, 0) is 14.3 Å². The van der Waals surface area contributed by atoms with E-state index < -0.39 is 5.60 Å². The lowest BCUT2D eigenvalue weighted by Crippen LogP contribution is -2.45. The van der Waals surface area contributed by atoms with Crippen LogP contribution in [0.4, 0.5) is 0 Å². The number of carbonyl (C=O) groups excluding carboxylic acids is 1. The third-order valence-electron chi connectivity index (χ3n) is 2.25. The summed E-state index contributed by atoms with van der Waals surface area (Å²) in [5, 5.41) is 0. The molecule has 0 spiro atoms. The summed E-state index contributed by atoms with van der Waals surface area (Å²) in [6.45, 7) is 8.61. The quantitative estimate of drug-likeness (QED) is 0.673. The van der Waals surface area contributed by atoms with Gasteiger partial charge in [0.2, 0.25) is 0 Å². The molecule has 0 heterocycles. The highest BCUT2D eigenvalue weighted by atomic mass is 16.5. The van der Waals surface area contributed by atoms with Crippen LogP contribution in [-0.4, -0.2) is 49.8 Å². The summed E-state index contributed by atoms with van der Waals surface area (Å²) in [5.74, 6) is -0.0302. The largest absolute Gasteiger partial charge is 0.377 e. The van der Waals surface area contributed by atoms with Gasteiger partial charge in [-0.1, -0.05) is 0 Å². The number of hydrogen-bond donors (Lipinski definition) is 0. The molecule has 0 aromatic carbocycles. The summed E-state index contributed by atoms with van der Waals surface area (Å²) in [6, 6.07) is 0. The predicted molar refractivity (Wildman–Crippen MR) is 59.8 cm³/mol. The van der Waals surface area contributed by atoms with Crippen LogP contribution in [0.2, 0.25) is 0 Å². The molecule has 90 valence electrons. The second kappa shape index (κ2) is 6.08. The minimum Gasteiger partial charge on any atom is -0.377 e. The monoisotopic (exact) mass is 217 g/mol. The summed E-state index contributed by atoms with van der Waals surface area (Å²) in [7, 11) is 3.29. The highest BCUT2D eigenvalue weighted by Crippen LogP contribution is 2.10. The van der Waals surface area contributed by atoms with Crippen molar-refractivity contribution in [3.63, 3.8) is 0 Å². The van der Waals surface area contributed by atoms with Crippen LogP contribution in [0.5, 0.6) is 0 Å². The van der Waals surface area contributed by atoms with Crippen LogP contribution < -0.4 is 0 Å². The van der Waals surface area contributed by atoms with Gasteiger partial charge in [-0.15, -0.1) is 0 Å². The smallest absolute Gasteiger partial charge is 0.254 e. The van der Waals surface area contributed by atoms with E-state index in [-0.39, 0.29) is 12.0 Å². The molecule has 0 saturated carbocycles. The molecule has 0 aliphatic heterocycles. The van der Waals surface area contributed by atoms with Crippen LogP contribution in [0, 0.1) is 0 Å². The molecule has 0 aromatic rings. The number of amides is 1. The van der Waals surface area contributed by atoms with E-state index in [4.69, 9.17) is 9.47 Å². The Morgan fingerprint density at radius 1 is 1.40 bits per heavy atom. The molecule has 0 rings (SSSR count). The molecule has 0 fully saturated rings. The molecule has 1 amide bonds. The Labute approximate surface area is 92.5 Å². The van der Waals surface area contributed by atoms with Crippen LogP contribution in [0.25, 0.3) is 0 Å². The maximum absolute atomic E-state index is 11.8. The van der Waals surface area contributed by atoms with Gasteiger partial charge in [0.1, 0.15) is 5.60 Å². The highest BCUT2D eigenvalue weighted by molar-refractivity contribution is 5.84. The SMILES string of the molecule is COC(C)(C)C(=O)N(C)CCOC(C)C. The van der Waals surface area contributed by atoms with Crippen LogP contribution >= 0.6 is 0 Å². The van der Waals surface area contributed by atoms with Gasteiger partial charge in [0.25, 0.3) is 5.91 Å². The second-order valence-corrected chi connectivity index (χ2v) is 4.36. The summed E-state index contributed by atoms with van der Waals surface area (Å²) in [5.41, 5.74) is -0.757. The van der Waals surface area contributed by atoms with Gasteiger partial charge < -0.3 is 14.4 Å². The molecule has 0 aliphatic rings. The van der Waals surface area contributed by atoms with E-state index in [1.807, 2.05) is 13.8 Å². The lowest BCUT2D eigenvalue weighted by Gasteiger charge is -2.28. The average molecular weight is 217 g/mol. The van der Waals surface area contributed by atoms with E-state index in [1.165, 1.54) is 7.11 Å². The molecular weight excluding hydrogens is 194 g/mol. The lowest BCUT2D eigenvalue weighted by atomic mass is 10.1. The van der Waals surface area contributed by atoms with Gasteiger partial charge in [-0.3, -0.25) is 4.79 Å². The average Bonchev–Trinajstić information content (AvgIpc) is 2.15. The fraction of sp³-hybridized carbons (Fsp3) is 0.909. The Balaban J connectivity index is 4.00. The van der Waals surface area contributed by atoms with Crippen molar-refractivity contribution in [1.82, 2.24) is 4.90 Å². The zero-order valence-electron chi connectivity index (χ0n) is 10.7. The van der Waals surface area contributed by atoms with Gasteiger partial charge >= 0.3 is 0 Å². The van der Waals surface area contributed by atoms with Crippen molar-refractivity contribution in [2.24, 2.45) is 0 Å². The molecule has 0 unspecified atom stereocenters. The van der Waals surface area contributed by atoms with Crippen molar-refractivity contribution in [2.75, 3.05) is 27.3 Å². The number of likely N-dealkylation sites (N-methyl/N-ethyl adjacent to an activating group) is 1. The van der Waals surface area contributed by atoms with Gasteiger partial charge in [-0.05, 0) is 27.7 Å². The molecular formula is C11H23NO3. The summed E-state index contributed by atoms with van der Waals surface area (Å²) in [4.78, 5) is 13.4. The number of nitrogens with zero attached hydrogens (tertiary/aromatic N) is 1. The first kappa shape index (κ1) is 14.4. The number of rotatable bonds is 6. The Morgan fingerprint density at radius 3 is 2.33 bits per heavy atom. The van der Waals surface area contributed by atoms with E-state index in [1.54, 1.807) is 25.8 Å². The van der Waals surface area contributed by atoms with Crippen molar-refractivity contribution < 1.29 is 14.3 Å². The molecule has 4 nitrogen and oxygen atoms in total. The van der Waals surface area contributed by atoms with Crippen molar-refractivity contribution >= 4 is 5.91 Å². The summed E-state index contributed by atoms with van der Waals surface area (Å²) < 4.78 is 10.5. The molecule has 0 atom stereocenters. The summed E-state index contributed by atoms with van der Waals surface area (Å²) in [6.07, 6.45) is 0.198. The van der Waals surface area contributed by atoms with Crippen molar-refractivity contribution in [3.05, 3.63) is 0 Å². The molecule has 0 bridgehead atoms. The van der Waals surface area contributed by atoms with E-state index in [9.17, 15) is 4.79 Å². The first-order valence-electron chi connectivity index (χ1n) is 5.23. The zero-order valence-corrected chi connectivity index (χ0v) is 10.7. The van der Waals surface area contributed by atoms with Crippen LogP contribution in [0.3, 0.4) is 0 Å². The van der Waals surface area contributed by atoms with Gasteiger partial charge in [0, 0.05) is 20.7 Å². The van der Waals surface area contributed by atoms with Gasteiger partial charge in [-0.25, -0.2) is 0 Å². The fourth-order valence-electron chi connectivity index (χ4n) is 1.07. The van der Waals surface area contributed by atoms with Gasteiger partial charge in [-0.2, -0.15) is 0 Å². The summed E-state index contributed by atoms with van der Waals surface area (Å²) >= 11 is 0. The highest BCUT2D eigenvalue weighted by Gasteiger charge is 2.29. The molecule has 0 radical (unpaired) electrons. The number of carbonyl (C=O) groups is 1. The Bertz CT molecular complexity index is 202. The van der Waals surface area contributed by atoms with Crippen molar-refractivity contribution in [3.8, 4) is 0 Å². The fourth-order valence-corrected chi connectivity index (χ4v) is 1.07. The van der Waals surface area contributed by atoms with Crippen LogP contribution in [0.1, 0.15) is 27.7 Å². The Morgan fingerprint density at radius 2 is 1.93 bits per heavy atom. The molecule has 0 aliphatic carbocycles. The molecule has 15 heavy (non-hydrogen) atoms. The number of methoxy groups -OCH3 is 1. The number of hydrogen-bond acceptors (Lipinski definition) is 3. The van der Waals surface area contributed by atoms with E-state index in [2.05, 4.69) is 0 Å². The first-order valence-corrected chi connectivity index (χ1v) is 5.23. The first-order chi connectivity index (χ1) is 6.81. The minimum atomic E-state index is -0.757. The normalized spacial score (nSPS) is 11.9. The van der Waals surface area contributed by atoms with Crippen LogP contribution in [0.15, 0.2) is 0 Å². The van der Waals surface area contributed by atoms with Gasteiger partial charge in [0.15, 0.2) is 0 Å². The second-order valence-electron chi connectivity index (χ2n) is 4.36. The standard InChI is InChI=1S/C11H23NO3/c1-9(2)15-8-7-12(5)10(13)11(3,4)14-6/h9H,7-8H2,1-6H3. The topological polar surface area (TPSA) is 38.8 Å². The van der Waals surface area contributed by atoms with Crippen molar-refractivity contribution in [2.45, 2.75) is 39.4 Å². The molecule has 0 N–H and O–H groups in total. The molecule has 0 aromatic heterocycles. The van der Waals surface area contributed by atoms with E-state index >= 15 is 0 Å². The van der Waals surface area contributed by atoms with E-state index in [0.29, 0.717) is 13.2 Å². The maximum atomic E-state index is 11.8. The van der Waals surface area contributed by atoms with E-state index in [0.717, 1.165) is 0 Å². The third-order valence-corrected chi connectivity index (χ3v) is 2.25. The van der Waals surface area contributed by atoms with Gasteiger partial charge in [0.05, 0.1) is 12.7 Å². The maximum Gasteiger partial charge on any atom is 0.254 e. The van der Waals surface area contributed by atoms with Crippen molar-refractivity contribution in [1.29, 1.82) is 0 Å². The third kappa shape index (κ3) is 5.14. The minimum absolute atomic E-state index is 0.0302. The number of ether oxygens (including phenoxy) is 2. The predicted octanol–water partition coefficient (Wildman–Crippen LogP) is 1.29. The lowest BCUT2D eigenvalue weighted by molar-refractivity contribution is -0.150. The Hall–Kier alpha value is -0.610.